The lowest BCUT2D eigenvalue weighted by atomic mass is 10.1. The summed E-state index contributed by atoms with van der Waals surface area (Å²) in [6, 6.07) is 7.49. The highest BCUT2D eigenvalue weighted by molar-refractivity contribution is 6.30. The van der Waals surface area contributed by atoms with Gasteiger partial charge >= 0.3 is 6.18 Å². The van der Waals surface area contributed by atoms with Crippen LogP contribution in [0.15, 0.2) is 35.1 Å². The molecule has 0 saturated heterocycles. The van der Waals surface area contributed by atoms with Gasteiger partial charge in [0.1, 0.15) is 0 Å². The zero-order chi connectivity index (χ0) is 15.5. The van der Waals surface area contributed by atoms with E-state index in [-0.39, 0.29) is 5.95 Å². The minimum absolute atomic E-state index is 0.205. The van der Waals surface area contributed by atoms with Crippen LogP contribution in [0.3, 0.4) is 0 Å². The average molecular weight is 318 g/mol. The molecule has 0 unspecified atom stereocenters. The van der Waals surface area contributed by atoms with Crippen molar-refractivity contribution in [3.63, 3.8) is 0 Å². The Labute approximate surface area is 123 Å². The average Bonchev–Trinajstić information content (AvgIpc) is 2.39. The molecule has 1 heterocycles. The van der Waals surface area contributed by atoms with Crippen LogP contribution in [0.4, 0.5) is 19.1 Å². The van der Waals surface area contributed by atoms with Crippen LogP contribution in [-0.4, -0.2) is 16.5 Å². The van der Waals surface area contributed by atoms with Gasteiger partial charge in [0.25, 0.3) is 5.56 Å². The highest BCUT2D eigenvalue weighted by Gasteiger charge is 2.33. The maximum Gasteiger partial charge on any atom is 0.433 e. The van der Waals surface area contributed by atoms with E-state index < -0.39 is 17.4 Å². The van der Waals surface area contributed by atoms with Crippen molar-refractivity contribution in [3.8, 4) is 0 Å². The van der Waals surface area contributed by atoms with Crippen molar-refractivity contribution in [2.45, 2.75) is 12.6 Å². The van der Waals surface area contributed by atoms with Crippen molar-refractivity contribution in [1.82, 2.24) is 9.97 Å². The largest absolute Gasteiger partial charge is 0.433 e. The molecule has 0 saturated carbocycles. The number of anilines is 1. The Morgan fingerprint density at radius 2 is 1.90 bits per heavy atom. The van der Waals surface area contributed by atoms with E-state index in [1.54, 1.807) is 12.1 Å². The molecule has 8 heteroatoms. The van der Waals surface area contributed by atoms with Crippen LogP contribution in [0, 0.1) is 0 Å². The minimum atomic E-state index is -4.65. The second-order valence-corrected chi connectivity index (χ2v) is 4.72. The molecule has 1 aromatic carbocycles. The van der Waals surface area contributed by atoms with Crippen LogP contribution in [0.2, 0.25) is 5.02 Å². The molecule has 0 spiro atoms. The molecular formula is C13H11ClF3N3O. The number of hydrogen-bond acceptors (Lipinski definition) is 3. The highest BCUT2D eigenvalue weighted by Crippen LogP contribution is 2.26. The summed E-state index contributed by atoms with van der Waals surface area (Å²) in [4.78, 5) is 16.7. The van der Waals surface area contributed by atoms with E-state index in [1.807, 2.05) is 12.1 Å². The third-order valence-corrected chi connectivity index (χ3v) is 2.90. The SMILES string of the molecule is O=c1cc(C(F)(F)F)nc(NCCc2ccc(Cl)cc2)[nH]1. The van der Waals surface area contributed by atoms with Crippen LogP contribution in [0.1, 0.15) is 11.3 Å². The van der Waals surface area contributed by atoms with Gasteiger partial charge in [0.05, 0.1) is 0 Å². The molecule has 0 aliphatic carbocycles. The number of halogens is 4. The topological polar surface area (TPSA) is 57.8 Å². The van der Waals surface area contributed by atoms with Gasteiger partial charge in [0.2, 0.25) is 5.95 Å². The van der Waals surface area contributed by atoms with Crippen LogP contribution in [0.5, 0.6) is 0 Å². The molecule has 2 rings (SSSR count). The van der Waals surface area contributed by atoms with Crippen molar-refractivity contribution in [2.24, 2.45) is 0 Å². The number of aromatic nitrogens is 2. The first-order valence-corrected chi connectivity index (χ1v) is 6.39. The molecule has 2 aromatic rings. The number of H-pyrrole nitrogens is 1. The van der Waals surface area contributed by atoms with E-state index >= 15 is 0 Å². The summed E-state index contributed by atoms with van der Waals surface area (Å²) in [7, 11) is 0. The number of hydrogen-bond donors (Lipinski definition) is 2. The number of rotatable bonds is 4. The molecule has 112 valence electrons. The Morgan fingerprint density at radius 1 is 1.24 bits per heavy atom. The minimum Gasteiger partial charge on any atom is -0.355 e. The van der Waals surface area contributed by atoms with E-state index in [1.165, 1.54) is 0 Å². The van der Waals surface area contributed by atoms with Gasteiger partial charge in [-0.1, -0.05) is 23.7 Å². The van der Waals surface area contributed by atoms with Crippen LogP contribution < -0.4 is 10.9 Å². The first-order valence-electron chi connectivity index (χ1n) is 6.01. The van der Waals surface area contributed by atoms with Crippen molar-refractivity contribution < 1.29 is 13.2 Å². The second kappa shape index (κ2) is 6.17. The summed E-state index contributed by atoms with van der Waals surface area (Å²) in [5, 5.41) is 3.27. The molecule has 21 heavy (non-hydrogen) atoms. The fraction of sp³-hybridized carbons (Fsp3) is 0.231. The standard InChI is InChI=1S/C13H11ClF3N3O/c14-9-3-1-8(2-4-9)5-6-18-12-19-10(13(15,16)17)7-11(21)20-12/h1-4,7H,5-6H2,(H2,18,19,20,21). The van der Waals surface area contributed by atoms with Gasteiger partial charge in [0.15, 0.2) is 5.69 Å². The predicted molar refractivity (Wildman–Crippen MR) is 73.5 cm³/mol. The van der Waals surface area contributed by atoms with Crippen molar-refractivity contribution in [1.29, 1.82) is 0 Å². The normalized spacial score (nSPS) is 11.4. The van der Waals surface area contributed by atoms with E-state index in [9.17, 15) is 18.0 Å². The zero-order valence-electron chi connectivity index (χ0n) is 10.7. The Morgan fingerprint density at radius 3 is 2.52 bits per heavy atom. The predicted octanol–water partition coefficient (Wildman–Crippen LogP) is 3.10. The Hall–Kier alpha value is -2.02. The summed E-state index contributed by atoms with van der Waals surface area (Å²) >= 11 is 5.75. The number of aromatic amines is 1. The van der Waals surface area contributed by atoms with Gasteiger partial charge in [-0.2, -0.15) is 13.2 Å². The third kappa shape index (κ3) is 4.49. The summed E-state index contributed by atoms with van der Waals surface area (Å²) in [6.45, 7) is 0.325. The van der Waals surface area contributed by atoms with Crippen molar-refractivity contribution >= 4 is 17.5 Å². The molecule has 0 fully saturated rings. The van der Waals surface area contributed by atoms with Gasteiger partial charge in [-0.15, -0.1) is 0 Å². The summed E-state index contributed by atoms with van der Waals surface area (Å²) in [5.41, 5.74) is -1.12. The molecule has 0 bridgehead atoms. The molecule has 1 aromatic heterocycles. The number of alkyl halides is 3. The zero-order valence-corrected chi connectivity index (χ0v) is 11.4. The maximum atomic E-state index is 12.5. The fourth-order valence-corrected chi connectivity index (χ4v) is 1.79. The Balaban J connectivity index is 2.02. The van der Waals surface area contributed by atoms with Crippen LogP contribution in [0.25, 0.3) is 0 Å². The highest BCUT2D eigenvalue weighted by atomic mass is 35.5. The fourth-order valence-electron chi connectivity index (χ4n) is 1.66. The molecular weight excluding hydrogens is 307 g/mol. The number of nitrogens with zero attached hydrogens (tertiary/aromatic N) is 1. The van der Waals surface area contributed by atoms with Gasteiger partial charge in [-0.05, 0) is 24.1 Å². The lowest BCUT2D eigenvalue weighted by molar-refractivity contribution is -0.141. The lowest BCUT2D eigenvalue weighted by Gasteiger charge is -2.09. The molecule has 0 atom stereocenters. The van der Waals surface area contributed by atoms with E-state index in [2.05, 4.69) is 15.3 Å². The first-order chi connectivity index (χ1) is 9.84. The van der Waals surface area contributed by atoms with E-state index in [0.717, 1.165) is 5.56 Å². The Bertz CT molecular complexity index is 668. The monoisotopic (exact) mass is 317 g/mol. The third-order valence-electron chi connectivity index (χ3n) is 2.65. The second-order valence-electron chi connectivity index (χ2n) is 4.28. The van der Waals surface area contributed by atoms with Gasteiger partial charge in [0, 0.05) is 17.6 Å². The number of benzene rings is 1. The van der Waals surface area contributed by atoms with Gasteiger partial charge in [-0.25, -0.2) is 4.98 Å². The molecule has 2 N–H and O–H groups in total. The van der Waals surface area contributed by atoms with Crippen LogP contribution >= 0.6 is 11.6 Å². The van der Waals surface area contributed by atoms with Crippen molar-refractivity contribution in [2.75, 3.05) is 11.9 Å². The molecule has 0 radical (unpaired) electrons. The molecule has 0 aliphatic rings. The van der Waals surface area contributed by atoms with Gasteiger partial charge < -0.3 is 5.32 Å². The quantitative estimate of drug-likeness (QED) is 0.911. The van der Waals surface area contributed by atoms with Gasteiger partial charge in [-0.3, -0.25) is 9.78 Å². The van der Waals surface area contributed by atoms with E-state index in [0.29, 0.717) is 24.1 Å². The Kier molecular flexibility index (Phi) is 4.52. The maximum absolute atomic E-state index is 12.5. The van der Waals surface area contributed by atoms with Crippen LogP contribution in [-0.2, 0) is 12.6 Å². The first kappa shape index (κ1) is 15.4. The molecule has 0 amide bonds. The lowest BCUT2D eigenvalue weighted by Crippen LogP contribution is -2.19. The van der Waals surface area contributed by atoms with Crippen molar-refractivity contribution in [3.05, 3.63) is 57.0 Å². The molecule has 0 aliphatic heterocycles. The summed E-state index contributed by atoms with van der Waals surface area (Å²) in [5.74, 6) is -0.205. The van der Waals surface area contributed by atoms with E-state index in [4.69, 9.17) is 11.6 Å². The molecule has 4 nitrogen and oxygen atoms in total. The smallest absolute Gasteiger partial charge is 0.355 e. The summed E-state index contributed by atoms with van der Waals surface area (Å²) in [6.07, 6.45) is -4.10. The summed E-state index contributed by atoms with van der Waals surface area (Å²) < 4.78 is 37.6. The number of nitrogens with one attached hydrogen (secondary N) is 2.